The van der Waals surface area contributed by atoms with Gasteiger partial charge in [-0.05, 0) is 25.0 Å². The number of aryl methyl sites for hydroxylation is 3. The molecule has 2 rings (SSSR count). The summed E-state index contributed by atoms with van der Waals surface area (Å²) in [5, 5.41) is 6.81. The van der Waals surface area contributed by atoms with Crippen molar-refractivity contribution in [1.29, 1.82) is 0 Å². The Bertz CT molecular complexity index is 662. The number of hydrogen-bond acceptors (Lipinski definition) is 4. The van der Waals surface area contributed by atoms with Crippen LogP contribution < -0.4 is 5.32 Å². The van der Waals surface area contributed by atoms with Crippen LogP contribution in [0.1, 0.15) is 17.5 Å². The van der Waals surface area contributed by atoms with Gasteiger partial charge in [-0.15, -0.1) is 0 Å². The van der Waals surface area contributed by atoms with Gasteiger partial charge in [0.2, 0.25) is 11.8 Å². The number of carbonyl (C=O) groups excluding carboxylic acids is 2. The van der Waals surface area contributed by atoms with Crippen LogP contribution in [0.15, 0.2) is 30.9 Å². The number of aromatic nitrogens is 3. The van der Waals surface area contributed by atoms with Gasteiger partial charge in [0.05, 0.1) is 13.1 Å². The van der Waals surface area contributed by atoms with Gasteiger partial charge in [0.1, 0.15) is 12.7 Å². The van der Waals surface area contributed by atoms with Crippen LogP contribution in [0.25, 0.3) is 0 Å². The molecule has 0 aliphatic carbocycles. The first-order valence-corrected chi connectivity index (χ1v) is 7.40. The second kappa shape index (κ2) is 7.53. The molecule has 1 heterocycles. The van der Waals surface area contributed by atoms with Gasteiger partial charge < -0.3 is 10.2 Å². The van der Waals surface area contributed by atoms with E-state index in [-0.39, 0.29) is 24.8 Å². The Hall–Kier alpha value is -2.70. The molecular weight excluding hydrogens is 294 g/mol. The van der Waals surface area contributed by atoms with Crippen molar-refractivity contribution < 1.29 is 9.59 Å². The highest BCUT2D eigenvalue weighted by Crippen LogP contribution is 2.19. The number of nitrogens with zero attached hydrogens (tertiary/aromatic N) is 4. The molecule has 122 valence electrons. The summed E-state index contributed by atoms with van der Waals surface area (Å²) in [6.07, 6.45) is 3.25. The molecule has 1 aromatic heterocycles. The fourth-order valence-electron chi connectivity index (χ4n) is 2.24. The second-order valence-corrected chi connectivity index (χ2v) is 5.47. The molecule has 7 nitrogen and oxygen atoms in total. The highest BCUT2D eigenvalue weighted by molar-refractivity contribution is 5.95. The van der Waals surface area contributed by atoms with E-state index in [9.17, 15) is 9.59 Å². The van der Waals surface area contributed by atoms with Crippen molar-refractivity contribution in [3.8, 4) is 0 Å². The third-order valence-electron chi connectivity index (χ3n) is 3.57. The molecule has 0 spiro atoms. The van der Waals surface area contributed by atoms with Crippen LogP contribution in [0.3, 0.4) is 0 Å². The van der Waals surface area contributed by atoms with Crippen LogP contribution in [-0.4, -0.2) is 45.1 Å². The van der Waals surface area contributed by atoms with Crippen molar-refractivity contribution in [2.45, 2.75) is 26.8 Å². The zero-order valence-electron chi connectivity index (χ0n) is 13.6. The summed E-state index contributed by atoms with van der Waals surface area (Å²) in [7, 11) is 1.62. The van der Waals surface area contributed by atoms with Crippen LogP contribution in [0.2, 0.25) is 0 Å². The monoisotopic (exact) mass is 315 g/mol. The summed E-state index contributed by atoms with van der Waals surface area (Å²) in [6.45, 7) is 4.34. The SMILES string of the molecule is Cc1cccc(C)c1NC(=O)CN(C)C(=O)CCn1cncn1. The molecule has 0 aliphatic heterocycles. The molecule has 7 heteroatoms. The molecule has 2 amide bonds. The van der Waals surface area contributed by atoms with E-state index in [1.165, 1.54) is 11.2 Å². The minimum atomic E-state index is -0.209. The summed E-state index contributed by atoms with van der Waals surface area (Å²) in [5.41, 5.74) is 2.80. The molecule has 0 aliphatic rings. The molecule has 1 N–H and O–H groups in total. The lowest BCUT2D eigenvalue weighted by atomic mass is 10.1. The Morgan fingerprint density at radius 3 is 2.57 bits per heavy atom. The van der Waals surface area contributed by atoms with Gasteiger partial charge in [-0.3, -0.25) is 14.3 Å². The van der Waals surface area contributed by atoms with E-state index in [0.29, 0.717) is 6.54 Å². The predicted molar refractivity (Wildman–Crippen MR) is 86.8 cm³/mol. The molecule has 0 bridgehead atoms. The van der Waals surface area contributed by atoms with Gasteiger partial charge in [-0.25, -0.2) is 4.98 Å². The average Bonchev–Trinajstić information content (AvgIpc) is 3.02. The number of carbonyl (C=O) groups is 2. The quantitative estimate of drug-likeness (QED) is 0.873. The van der Waals surface area contributed by atoms with Crippen molar-refractivity contribution >= 4 is 17.5 Å². The summed E-state index contributed by atoms with van der Waals surface area (Å²) < 4.78 is 1.59. The number of rotatable bonds is 6. The highest BCUT2D eigenvalue weighted by atomic mass is 16.2. The van der Waals surface area contributed by atoms with Crippen LogP contribution in [0, 0.1) is 13.8 Å². The summed E-state index contributed by atoms with van der Waals surface area (Å²) in [4.78, 5) is 29.4. The first-order chi connectivity index (χ1) is 11.0. The third kappa shape index (κ3) is 4.64. The van der Waals surface area contributed by atoms with Crippen LogP contribution in [0.5, 0.6) is 0 Å². The van der Waals surface area contributed by atoms with Crippen molar-refractivity contribution in [3.63, 3.8) is 0 Å². The molecule has 0 radical (unpaired) electrons. The summed E-state index contributed by atoms with van der Waals surface area (Å²) in [5.74, 6) is -0.323. The van der Waals surface area contributed by atoms with E-state index in [0.717, 1.165) is 16.8 Å². The number of anilines is 1. The van der Waals surface area contributed by atoms with Gasteiger partial charge in [0, 0.05) is 19.2 Å². The first kappa shape index (κ1) is 16.7. The van der Waals surface area contributed by atoms with E-state index in [1.54, 1.807) is 18.1 Å². The van der Waals surface area contributed by atoms with Crippen molar-refractivity contribution in [2.75, 3.05) is 18.9 Å². The van der Waals surface area contributed by atoms with E-state index in [1.807, 2.05) is 32.0 Å². The number of benzene rings is 1. The zero-order valence-corrected chi connectivity index (χ0v) is 13.6. The molecule has 0 atom stereocenters. The fraction of sp³-hybridized carbons (Fsp3) is 0.375. The Morgan fingerprint density at radius 1 is 1.26 bits per heavy atom. The predicted octanol–water partition coefficient (Wildman–Crippen LogP) is 1.38. The van der Waals surface area contributed by atoms with E-state index >= 15 is 0 Å². The Labute approximate surface area is 135 Å². The molecule has 0 fully saturated rings. The Kier molecular flexibility index (Phi) is 5.46. The molecule has 0 unspecified atom stereocenters. The number of nitrogens with one attached hydrogen (secondary N) is 1. The topological polar surface area (TPSA) is 80.1 Å². The summed E-state index contributed by atoms with van der Waals surface area (Å²) in [6, 6.07) is 5.82. The Morgan fingerprint density at radius 2 is 1.96 bits per heavy atom. The van der Waals surface area contributed by atoms with Gasteiger partial charge in [-0.1, -0.05) is 18.2 Å². The zero-order chi connectivity index (χ0) is 16.8. The van der Waals surface area contributed by atoms with Gasteiger partial charge in [-0.2, -0.15) is 5.10 Å². The lowest BCUT2D eigenvalue weighted by Gasteiger charge is -2.18. The van der Waals surface area contributed by atoms with Crippen molar-refractivity contribution in [1.82, 2.24) is 19.7 Å². The number of likely N-dealkylation sites (N-methyl/N-ethyl adjacent to an activating group) is 1. The van der Waals surface area contributed by atoms with Gasteiger partial charge in [0.25, 0.3) is 0 Å². The lowest BCUT2D eigenvalue weighted by Crippen LogP contribution is -2.35. The maximum absolute atomic E-state index is 12.1. The average molecular weight is 315 g/mol. The molecule has 0 saturated heterocycles. The minimum Gasteiger partial charge on any atom is -0.336 e. The largest absolute Gasteiger partial charge is 0.336 e. The fourth-order valence-corrected chi connectivity index (χ4v) is 2.24. The Balaban J connectivity index is 1.85. The second-order valence-electron chi connectivity index (χ2n) is 5.47. The molecule has 2 aromatic rings. The highest BCUT2D eigenvalue weighted by Gasteiger charge is 2.14. The van der Waals surface area contributed by atoms with Crippen LogP contribution in [-0.2, 0) is 16.1 Å². The van der Waals surface area contributed by atoms with Crippen LogP contribution >= 0.6 is 0 Å². The lowest BCUT2D eigenvalue weighted by molar-refractivity contribution is -0.133. The first-order valence-electron chi connectivity index (χ1n) is 7.40. The van der Waals surface area contributed by atoms with Gasteiger partial charge in [0.15, 0.2) is 0 Å². The van der Waals surface area contributed by atoms with E-state index in [4.69, 9.17) is 0 Å². The third-order valence-corrected chi connectivity index (χ3v) is 3.57. The number of amides is 2. The normalized spacial score (nSPS) is 10.4. The number of para-hydroxylation sites is 1. The summed E-state index contributed by atoms with van der Waals surface area (Å²) >= 11 is 0. The molecule has 0 saturated carbocycles. The molecule has 23 heavy (non-hydrogen) atoms. The minimum absolute atomic E-state index is 0.0178. The van der Waals surface area contributed by atoms with E-state index < -0.39 is 0 Å². The standard InChI is InChI=1S/C16H21N5O2/c1-12-5-4-6-13(2)16(12)19-14(22)9-20(3)15(23)7-8-21-11-17-10-18-21/h4-6,10-11H,7-9H2,1-3H3,(H,19,22). The number of hydrogen-bond donors (Lipinski definition) is 1. The maximum atomic E-state index is 12.1. The van der Waals surface area contributed by atoms with Crippen molar-refractivity contribution in [3.05, 3.63) is 42.0 Å². The molecule has 1 aromatic carbocycles. The smallest absolute Gasteiger partial charge is 0.243 e. The molecular formula is C16H21N5O2. The van der Waals surface area contributed by atoms with Gasteiger partial charge >= 0.3 is 0 Å². The van der Waals surface area contributed by atoms with Crippen LogP contribution in [0.4, 0.5) is 5.69 Å². The maximum Gasteiger partial charge on any atom is 0.243 e. The van der Waals surface area contributed by atoms with E-state index in [2.05, 4.69) is 15.4 Å². The van der Waals surface area contributed by atoms with Crippen molar-refractivity contribution in [2.24, 2.45) is 0 Å².